The maximum atomic E-state index is 10.7. The summed E-state index contributed by atoms with van der Waals surface area (Å²) >= 11 is 0. The zero-order chi connectivity index (χ0) is 13.5. The second-order valence-electron chi connectivity index (χ2n) is 4.20. The number of carbonyl (C=O) groups is 1. The van der Waals surface area contributed by atoms with Crippen LogP contribution < -0.4 is 11.1 Å². The van der Waals surface area contributed by atoms with E-state index in [0.717, 1.165) is 5.92 Å². The third-order valence-corrected chi connectivity index (χ3v) is 3.04. The normalized spacial score (nSPS) is 21.7. The first kappa shape index (κ1) is 14.6. The Morgan fingerprint density at radius 2 is 2.17 bits per heavy atom. The average molecular weight is 254 g/mol. The number of rotatable bonds is 5. The van der Waals surface area contributed by atoms with Crippen LogP contribution in [0.4, 0.5) is 0 Å². The molecule has 1 aromatic rings. The molecule has 6 heteroatoms. The van der Waals surface area contributed by atoms with Gasteiger partial charge in [0.15, 0.2) is 5.82 Å². The maximum Gasteiger partial charge on any atom is 0.315 e. The Labute approximate surface area is 107 Å². The summed E-state index contributed by atoms with van der Waals surface area (Å²) in [6.45, 7) is 6.73. The van der Waals surface area contributed by atoms with Crippen molar-refractivity contribution >= 4 is 5.91 Å². The van der Waals surface area contributed by atoms with Crippen LogP contribution in [0.3, 0.4) is 0 Å². The summed E-state index contributed by atoms with van der Waals surface area (Å²) in [4.78, 5) is 14.6. The van der Waals surface area contributed by atoms with Gasteiger partial charge in [-0.05, 0) is 18.8 Å². The predicted octanol–water partition coefficient (Wildman–Crippen LogP) is 1.47. The first-order valence-corrected chi connectivity index (χ1v) is 6.54. The Hall–Kier alpha value is -1.43. The van der Waals surface area contributed by atoms with Crippen molar-refractivity contribution in [3.05, 3.63) is 11.7 Å². The Bertz CT molecular complexity index is 372. The molecular weight excluding hydrogens is 232 g/mol. The van der Waals surface area contributed by atoms with Crippen molar-refractivity contribution in [2.45, 2.75) is 52.6 Å². The highest BCUT2D eigenvalue weighted by Gasteiger charge is 2.27. The molecule has 0 atom stereocenters. The molecule has 1 heterocycles. The third-order valence-electron chi connectivity index (χ3n) is 3.04. The molecule has 0 saturated heterocycles. The van der Waals surface area contributed by atoms with Gasteiger partial charge in [0, 0.05) is 6.04 Å². The van der Waals surface area contributed by atoms with Gasteiger partial charge in [-0.15, -0.1) is 0 Å². The van der Waals surface area contributed by atoms with E-state index in [4.69, 9.17) is 5.73 Å². The number of carbonyl (C=O) groups excluding carboxylic acids is 1. The molecule has 0 radical (unpaired) electrons. The lowest BCUT2D eigenvalue weighted by Crippen LogP contribution is -2.40. The van der Waals surface area contributed by atoms with Crippen molar-refractivity contribution in [3.8, 4) is 0 Å². The molecule has 0 aliphatic heterocycles. The number of nitrogens with one attached hydrogen (secondary N) is 1. The number of primary amides is 1. The van der Waals surface area contributed by atoms with Crippen LogP contribution in [0.25, 0.3) is 0 Å². The highest BCUT2D eigenvalue weighted by atomic mass is 16.5. The SMILES string of the molecule is CC.CCC1CC(NCc2noc(C(N)=O)n2)C1. The molecular formula is C12H22N4O2. The monoisotopic (exact) mass is 254 g/mol. The standard InChI is InChI=1S/C10H16N4O2.C2H6/c1-2-6-3-7(4-6)12-5-8-13-10(9(11)15)16-14-8;1-2/h6-7,12H,2-5H2,1H3,(H2,11,15);1-2H3. The lowest BCUT2D eigenvalue weighted by molar-refractivity contribution is 0.0958. The summed E-state index contributed by atoms with van der Waals surface area (Å²) < 4.78 is 4.68. The van der Waals surface area contributed by atoms with Crippen LogP contribution in [0.2, 0.25) is 0 Å². The fourth-order valence-corrected chi connectivity index (χ4v) is 1.90. The lowest BCUT2D eigenvalue weighted by atomic mass is 9.79. The average Bonchev–Trinajstić information content (AvgIpc) is 2.79. The Balaban J connectivity index is 0.000000771. The molecule has 18 heavy (non-hydrogen) atoms. The minimum Gasteiger partial charge on any atom is -0.361 e. The molecule has 102 valence electrons. The second kappa shape index (κ2) is 7.10. The van der Waals surface area contributed by atoms with Crippen LogP contribution in [0.5, 0.6) is 0 Å². The molecule has 1 saturated carbocycles. The zero-order valence-electron chi connectivity index (χ0n) is 11.3. The Morgan fingerprint density at radius 3 is 2.67 bits per heavy atom. The predicted molar refractivity (Wildman–Crippen MR) is 67.8 cm³/mol. The number of nitrogens with zero attached hydrogens (tertiary/aromatic N) is 2. The molecule has 0 spiro atoms. The fraction of sp³-hybridized carbons (Fsp3) is 0.750. The quantitative estimate of drug-likeness (QED) is 0.829. The van der Waals surface area contributed by atoms with Gasteiger partial charge in [-0.1, -0.05) is 32.3 Å². The third kappa shape index (κ3) is 3.80. The van der Waals surface area contributed by atoms with E-state index in [2.05, 4.69) is 26.9 Å². The van der Waals surface area contributed by atoms with Gasteiger partial charge in [-0.2, -0.15) is 4.98 Å². The first-order valence-electron chi connectivity index (χ1n) is 6.54. The fourth-order valence-electron chi connectivity index (χ4n) is 1.90. The van der Waals surface area contributed by atoms with E-state index < -0.39 is 5.91 Å². The van der Waals surface area contributed by atoms with E-state index in [9.17, 15) is 4.79 Å². The smallest absolute Gasteiger partial charge is 0.315 e. The van der Waals surface area contributed by atoms with Gasteiger partial charge in [-0.25, -0.2) is 0 Å². The highest BCUT2D eigenvalue weighted by Crippen LogP contribution is 2.29. The summed E-state index contributed by atoms with van der Waals surface area (Å²) in [6, 6.07) is 0.542. The molecule has 1 aliphatic carbocycles. The van der Waals surface area contributed by atoms with Crippen LogP contribution in [0.15, 0.2) is 4.52 Å². The van der Waals surface area contributed by atoms with Gasteiger partial charge in [0.2, 0.25) is 0 Å². The number of hydrogen-bond donors (Lipinski definition) is 2. The van der Waals surface area contributed by atoms with Crippen LogP contribution in [-0.4, -0.2) is 22.1 Å². The van der Waals surface area contributed by atoms with Crippen LogP contribution in [0.1, 0.15) is 56.5 Å². The van der Waals surface area contributed by atoms with Crippen LogP contribution in [-0.2, 0) is 6.54 Å². The van der Waals surface area contributed by atoms with Gasteiger partial charge in [0.1, 0.15) is 0 Å². The van der Waals surface area contributed by atoms with E-state index in [-0.39, 0.29) is 5.89 Å². The first-order chi connectivity index (χ1) is 8.69. The van der Waals surface area contributed by atoms with Crippen molar-refractivity contribution in [2.24, 2.45) is 11.7 Å². The van der Waals surface area contributed by atoms with E-state index >= 15 is 0 Å². The number of nitrogens with two attached hydrogens (primary N) is 1. The van der Waals surface area contributed by atoms with Crippen molar-refractivity contribution < 1.29 is 9.32 Å². The molecule has 0 bridgehead atoms. The van der Waals surface area contributed by atoms with Gasteiger partial charge >= 0.3 is 11.8 Å². The van der Waals surface area contributed by atoms with Crippen molar-refractivity contribution in [3.63, 3.8) is 0 Å². The maximum absolute atomic E-state index is 10.7. The minimum atomic E-state index is -0.687. The molecule has 3 N–H and O–H groups in total. The van der Waals surface area contributed by atoms with Gasteiger partial charge in [0.05, 0.1) is 6.54 Å². The second-order valence-corrected chi connectivity index (χ2v) is 4.20. The molecule has 1 aromatic heterocycles. The van der Waals surface area contributed by atoms with Crippen LogP contribution >= 0.6 is 0 Å². The molecule has 1 aliphatic rings. The summed E-state index contributed by atoms with van der Waals surface area (Å²) in [6.07, 6.45) is 3.65. The molecule has 1 fully saturated rings. The highest BCUT2D eigenvalue weighted by molar-refractivity contribution is 5.87. The number of aromatic nitrogens is 2. The van der Waals surface area contributed by atoms with E-state index in [1.54, 1.807) is 0 Å². The Kier molecular flexibility index (Phi) is 5.77. The van der Waals surface area contributed by atoms with Crippen molar-refractivity contribution in [1.29, 1.82) is 0 Å². The van der Waals surface area contributed by atoms with Gasteiger partial charge < -0.3 is 15.6 Å². The largest absolute Gasteiger partial charge is 0.361 e. The van der Waals surface area contributed by atoms with E-state index in [1.807, 2.05) is 13.8 Å². The van der Waals surface area contributed by atoms with Crippen LogP contribution in [0, 0.1) is 5.92 Å². The molecule has 0 unspecified atom stereocenters. The molecule has 6 nitrogen and oxygen atoms in total. The lowest BCUT2D eigenvalue weighted by Gasteiger charge is -2.35. The van der Waals surface area contributed by atoms with E-state index in [0.29, 0.717) is 18.4 Å². The molecule has 1 amide bonds. The Morgan fingerprint density at radius 1 is 1.50 bits per heavy atom. The number of hydrogen-bond acceptors (Lipinski definition) is 5. The minimum absolute atomic E-state index is 0.128. The molecule has 0 aromatic carbocycles. The number of amides is 1. The zero-order valence-corrected chi connectivity index (χ0v) is 11.3. The van der Waals surface area contributed by atoms with Gasteiger partial charge in [-0.3, -0.25) is 4.79 Å². The summed E-state index contributed by atoms with van der Waals surface area (Å²) in [5.74, 6) is 0.517. The van der Waals surface area contributed by atoms with Crippen molar-refractivity contribution in [1.82, 2.24) is 15.5 Å². The molecule has 2 rings (SSSR count). The van der Waals surface area contributed by atoms with Crippen molar-refractivity contribution in [2.75, 3.05) is 0 Å². The summed E-state index contributed by atoms with van der Waals surface area (Å²) in [5.41, 5.74) is 5.00. The summed E-state index contributed by atoms with van der Waals surface area (Å²) in [7, 11) is 0. The topological polar surface area (TPSA) is 94.0 Å². The summed E-state index contributed by atoms with van der Waals surface area (Å²) in [5, 5.41) is 6.97. The van der Waals surface area contributed by atoms with Gasteiger partial charge in [0.25, 0.3) is 0 Å². The van der Waals surface area contributed by atoms with E-state index in [1.165, 1.54) is 19.3 Å².